The standard InChI is InChI=1S/C25H29N3O4/c1-6-7-10-28-23(16-8-9-18(31-4)19(13-16)32-5)20-21(26-27-22(20)25(28)30)17-12-14(2)11-15(3)24(17)29/h8-9,11-13,23,29H,6-7,10H2,1-5H3,(H,26,27). The van der Waals surface area contributed by atoms with Crippen molar-refractivity contribution in [1.29, 1.82) is 0 Å². The number of aromatic hydroxyl groups is 1. The molecule has 0 radical (unpaired) electrons. The first-order valence-electron chi connectivity index (χ1n) is 10.8. The van der Waals surface area contributed by atoms with Crippen LogP contribution in [0.2, 0.25) is 0 Å². The van der Waals surface area contributed by atoms with Crippen molar-refractivity contribution in [2.45, 2.75) is 39.7 Å². The molecule has 1 aromatic heterocycles. The molecule has 1 unspecified atom stereocenters. The third kappa shape index (κ3) is 3.47. The maximum Gasteiger partial charge on any atom is 0.273 e. The van der Waals surface area contributed by atoms with Crippen molar-refractivity contribution in [2.75, 3.05) is 20.8 Å². The Labute approximate surface area is 188 Å². The lowest BCUT2D eigenvalue weighted by Gasteiger charge is -2.27. The number of benzene rings is 2. The molecule has 7 heteroatoms. The predicted molar refractivity (Wildman–Crippen MR) is 122 cm³/mol. The fraction of sp³-hybridized carbons (Fsp3) is 0.360. The first-order chi connectivity index (χ1) is 15.4. The highest BCUT2D eigenvalue weighted by Crippen LogP contribution is 2.46. The summed E-state index contributed by atoms with van der Waals surface area (Å²) in [7, 11) is 3.19. The van der Waals surface area contributed by atoms with E-state index in [1.54, 1.807) is 14.2 Å². The number of aryl methyl sites for hydroxylation is 2. The Bertz CT molecular complexity index is 1170. The molecule has 32 heavy (non-hydrogen) atoms. The maximum absolute atomic E-state index is 13.4. The number of phenols is 1. The van der Waals surface area contributed by atoms with Crippen LogP contribution >= 0.6 is 0 Å². The number of carbonyl (C=O) groups excluding carboxylic acids is 1. The van der Waals surface area contributed by atoms with Gasteiger partial charge in [0.15, 0.2) is 11.5 Å². The van der Waals surface area contributed by atoms with Crippen molar-refractivity contribution < 1.29 is 19.4 Å². The van der Waals surface area contributed by atoms with Gasteiger partial charge >= 0.3 is 0 Å². The van der Waals surface area contributed by atoms with Crippen molar-refractivity contribution >= 4 is 5.91 Å². The second-order valence-corrected chi connectivity index (χ2v) is 8.21. The number of nitrogens with one attached hydrogen (secondary N) is 1. The van der Waals surface area contributed by atoms with Crippen LogP contribution in [0.3, 0.4) is 0 Å². The Morgan fingerprint density at radius 3 is 2.56 bits per heavy atom. The summed E-state index contributed by atoms with van der Waals surface area (Å²) in [6, 6.07) is 9.19. The molecule has 1 atom stereocenters. The molecule has 0 saturated carbocycles. The quantitative estimate of drug-likeness (QED) is 0.559. The Kier molecular flexibility index (Phi) is 5.82. The van der Waals surface area contributed by atoms with Crippen LogP contribution < -0.4 is 9.47 Å². The number of methoxy groups -OCH3 is 2. The molecule has 1 aliphatic heterocycles. The molecular weight excluding hydrogens is 406 g/mol. The largest absolute Gasteiger partial charge is 0.507 e. The van der Waals surface area contributed by atoms with E-state index in [4.69, 9.17) is 9.47 Å². The number of nitrogens with zero attached hydrogens (tertiary/aromatic N) is 2. The highest BCUT2D eigenvalue weighted by atomic mass is 16.5. The molecule has 0 spiro atoms. The average Bonchev–Trinajstić information content (AvgIpc) is 3.33. The zero-order valence-corrected chi connectivity index (χ0v) is 19.2. The normalized spacial score (nSPS) is 15.2. The number of ether oxygens (including phenoxy) is 2. The summed E-state index contributed by atoms with van der Waals surface area (Å²) in [6.07, 6.45) is 1.86. The molecule has 0 bridgehead atoms. The lowest BCUT2D eigenvalue weighted by molar-refractivity contribution is 0.0741. The van der Waals surface area contributed by atoms with E-state index in [2.05, 4.69) is 17.1 Å². The van der Waals surface area contributed by atoms with Crippen LogP contribution in [-0.2, 0) is 0 Å². The number of aromatic amines is 1. The van der Waals surface area contributed by atoms with Gasteiger partial charge < -0.3 is 19.5 Å². The third-order valence-electron chi connectivity index (χ3n) is 6.04. The summed E-state index contributed by atoms with van der Waals surface area (Å²) in [4.78, 5) is 15.2. The SMILES string of the molecule is CCCCN1C(=O)c2[nH]nc(-c3cc(C)cc(C)c3O)c2C1c1ccc(OC)c(OC)c1. The van der Waals surface area contributed by atoms with Crippen molar-refractivity contribution in [3.63, 3.8) is 0 Å². The second kappa shape index (κ2) is 8.57. The molecule has 0 fully saturated rings. The Morgan fingerprint density at radius 2 is 1.88 bits per heavy atom. The van der Waals surface area contributed by atoms with E-state index in [-0.39, 0.29) is 17.7 Å². The summed E-state index contributed by atoms with van der Waals surface area (Å²) in [5.74, 6) is 1.31. The van der Waals surface area contributed by atoms with Crippen molar-refractivity contribution in [1.82, 2.24) is 15.1 Å². The Hall–Kier alpha value is -3.48. The molecule has 2 N–H and O–H groups in total. The third-order valence-corrected chi connectivity index (χ3v) is 6.04. The molecule has 0 saturated heterocycles. The number of carbonyl (C=O) groups is 1. The van der Waals surface area contributed by atoms with Gasteiger partial charge in [0.05, 0.1) is 20.3 Å². The van der Waals surface area contributed by atoms with Gasteiger partial charge in [-0.25, -0.2) is 0 Å². The summed E-state index contributed by atoms with van der Waals surface area (Å²) in [5.41, 5.74) is 5.14. The van der Waals surface area contributed by atoms with Gasteiger partial charge in [0.25, 0.3) is 5.91 Å². The van der Waals surface area contributed by atoms with Crippen LogP contribution in [0, 0.1) is 13.8 Å². The van der Waals surface area contributed by atoms with E-state index in [0.717, 1.165) is 35.1 Å². The number of phenolic OH excluding ortho intramolecular Hbond substituents is 1. The average molecular weight is 436 g/mol. The van der Waals surface area contributed by atoms with E-state index < -0.39 is 0 Å². The summed E-state index contributed by atoms with van der Waals surface area (Å²) >= 11 is 0. The molecular formula is C25H29N3O4. The predicted octanol–water partition coefficient (Wildman–Crippen LogP) is 4.76. The number of rotatable bonds is 7. The van der Waals surface area contributed by atoms with E-state index in [1.807, 2.05) is 49.1 Å². The first kappa shape index (κ1) is 21.7. The number of fused-ring (bicyclic) bond motifs is 1. The summed E-state index contributed by atoms with van der Waals surface area (Å²) < 4.78 is 10.9. The van der Waals surface area contributed by atoms with Crippen LogP contribution in [0.25, 0.3) is 11.3 Å². The number of hydrogen-bond donors (Lipinski definition) is 2. The number of unbranched alkanes of at least 4 members (excludes halogenated alkanes) is 1. The molecule has 7 nitrogen and oxygen atoms in total. The molecule has 1 aliphatic rings. The molecule has 3 aromatic rings. The first-order valence-corrected chi connectivity index (χ1v) is 10.8. The zero-order chi connectivity index (χ0) is 23.0. The summed E-state index contributed by atoms with van der Waals surface area (Å²) in [5, 5.41) is 18.2. The molecule has 1 amide bonds. The minimum absolute atomic E-state index is 0.0872. The van der Waals surface area contributed by atoms with E-state index in [9.17, 15) is 9.90 Å². The van der Waals surface area contributed by atoms with Gasteiger partial charge in [0.1, 0.15) is 17.1 Å². The maximum atomic E-state index is 13.4. The lowest BCUT2D eigenvalue weighted by atomic mass is 9.93. The Morgan fingerprint density at radius 1 is 1.12 bits per heavy atom. The highest BCUT2D eigenvalue weighted by molar-refractivity contribution is 6.00. The minimum atomic E-state index is -0.349. The molecule has 0 aliphatic carbocycles. The molecule has 2 aromatic carbocycles. The molecule has 2 heterocycles. The number of hydrogen-bond acceptors (Lipinski definition) is 5. The van der Waals surface area contributed by atoms with Crippen molar-refractivity contribution in [3.8, 4) is 28.5 Å². The molecule has 4 rings (SSSR count). The fourth-order valence-electron chi connectivity index (χ4n) is 4.47. The number of amides is 1. The van der Waals surface area contributed by atoms with Gasteiger partial charge in [-0.2, -0.15) is 5.10 Å². The minimum Gasteiger partial charge on any atom is -0.507 e. The van der Waals surface area contributed by atoms with Crippen LogP contribution in [-0.4, -0.2) is 46.9 Å². The van der Waals surface area contributed by atoms with Gasteiger partial charge in [0, 0.05) is 17.7 Å². The van der Waals surface area contributed by atoms with Gasteiger partial charge in [-0.1, -0.05) is 25.5 Å². The van der Waals surface area contributed by atoms with Gasteiger partial charge in [0.2, 0.25) is 0 Å². The topological polar surface area (TPSA) is 87.7 Å². The highest BCUT2D eigenvalue weighted by Gasteiger charge is 2.42. The smallest absolute Gasteiger partial charge is 0.273 e. The van der Waals surface area contributed by atoms with E-state index in [1.165, 1.54) is 0 Å². The van der Waals surface area contributed by atoms with Gasteiger partial charge in [-0.15, -0.1) is 0 Å². The zero-order valence-electron chi connectivity index (χ0n) is 19.2. The van der Waals surface area contributed by atoms with Crippen LogP contribution in [0.4, 0.5) is 0 Å². The van der Waals surface area contributed by atoms with E-state index in [0.29, 0.717) is 35.0 Å². The number of aromatic nitrogens is 2. The second-order valence-electron chi connectivity index (χ2n) is 8.21. The van der Waals surface area contributed by atoms with Crippen molar-refractivity contribution in [3.05, 3.63) is 58.3 Å². The monoisotopic (exact) mass is 435 g/mol. The van der Waals surface area contributed by atoms with Crippen LogP contribution in [0.1, 0.15) is 58.5 Å². The van der Waals surface area contributed by atoms with Crippen LogP contribution in [0.15, 0.2) is 30.3 Å². The Balaban J connectivity index is 1.92. The van der Waals surface area contributed by atoms with E-state index >= 15 is 0 Å². The van der Waals surface area contributed by atoms with Gasteiger partial charge in [-0.05, 0) is 55.2 Å². The van der Waals surface area contributed by atoms with Gasteiger partial charge in [-0.3, -0.25) is 9.89 Å². The van der Waals surface area contributed by atoms with Crippen molar-refractivity contribution in [2.24, 2.45) is 0 Å². The number of H-pyrrole nitrogens is 1. The van der Waals surface area contributed by atoms with Crippen LogP contribution in [0.5, 0.6) is 17.2 Å². The molecule has 168 valence electrons. The fourth-order valence-corrected chi connectivity index (χ4v) is 4.47. The lowest BCUT2D eigenvalue weighted by Crippen LogP contribution is -2.30. The summed E-state index contributed by atoms with van der Waals surface area (Å²) in [6.45, 7) is 6.57.